The van der Waals surface area contributed by atoms with Crippen molar-refractivity contribution in [1.29, 1.82) is 0 Å². The number of aromatic nitrogens is 1. The van der Waals surface area contributed by atoms with Gasteiger partial charge >= 0.3 is 5.97 Å². The van der Waals surface area contributed by atoms with Crippen molar-refractivity contribution in [1.82, 2.24) is 4.98 Å². The van der Waals surface area contributed by atoms with Crippen molar-refractivity contribution in [2.24, 2.45) is 0 Å². The number of benzene rings is 1. The van der Waals surface area contributed by atoms with E-state index in [1.54, 1.807) is 12.1 Å². The van der Waals surface area contributed by atoms with Crippen molar-refractivity contribution in [3.05, 3.63) is 60.2 Å². The van der Waals surface area contributed by atoms with Crippen LogP contribution in [-0.4, -0.2) is 29.2 Å². The standard InChI is InChI=1S/C22H24FNO4S/c1-2-3-4-5-6-7-14-22(21(25)26,16-18-9-8-15-24-17-18)29(27,28)20-12-10-19(23)11-13-20/h8-13,15,17H,2-6,16H2,1H3,(H,25,26). The molecule has 0 aliphatic carbocycles. The predicted octanol–water partition coefficient (Wildman–Crippen LogP) is 4.03. The number of aliphatic carboxylic acids is 1. The highest BCUT2D eigenvalue weighted by Crippen LogP contribution is 2.30. The molecular weight excluding hydrogens is 393 g/mol. The maximum atomic E-state index is 13.4. The van der Waals surface area contributed by atoms with Gasteiger partial charge in [-0.15, -0.1) is 5.92 Å². The number of carboxylic acid groups (broad SMARTS) is 1. The van der Waals surface area contributed by atoms with E-state index in [2.05, 4.69) is 23.7 Å². The van der Waals surface area contributed by atoms with Crippen LogP contribution < -0.4 is 0 Å². The Morgan fingerprint density at radius 1 is 1.17 bits per heavy atom. The predicted molar refractivity (Wildman–Crippen MR) is 108 cm³/mol. The van der Waals surface area contributed by atoms with E-state index in [1.807, 2.05) is 0 Å². The Bertz CT molecular complexity index is 979. The Hall–Kier alpha value is -2.72. The van der Waals surface area contributed by atoms with Crippen LogP contribution in [0.15, 0.2) is 53.7 Å². The first-order chi connectivity index (χ1) is 13.8. The third-order valence-corrected chi connectivity index (χ3v) is 6.78. The number of nitrogens with zero attached hydrogens (tertiary/aromatic N) is 1. The molecule has 2 aromatic rings. The van der Waals surface area contributed by atoms with E-state index in [4.69, 9.17) is 0 Å². The van der Waals surface area contributed by atoms with E-state index >= 15 is 0 Å². The summed E-state index contributed by atoms with van der Waals surface area (Å²) < 4.78 is 37.6. The lowest BCUT2D eigenvalue weighted by Crippen LogP contribution is -2.47. The molecule has 1 atom stereocenters. The minimum atomic E-state index is -4.44. The number of hydrogen-bond acceptors (Lipinski definition) is 4. The van der Waals surface area contributed by atoms with Crippen molar-refractivity contribution in [2.75, 3.05) is 0 Å². The molecule has 0 fully saturated rings. The van der Waals surface area contributed by atoms with Crippen molar-refractivity contribution in [3.8, 4) is 11.8 Å². The molecule has 0 radical (unpaired) electrons. The Balaban J connectivity index is 2.51. The van der Waals surface area contributed by atoms with E-state index < -0.39 is 26.4 Å². The zero-order chi connectivity index (χ0) is 21.3. The van der Waals surface area contributed by atoms with Gasteiger partial charge in [0, 0.05) is 25.2 Å². The lowest BCUT2D eigenvalue weighted by atomic mass is 9.99. The first-order valence-corrected chi connectivity index (χ1v) is 10.9. The first kappa shape index (κ1) is 22.6. The normalized spacial score (nSPS) is 13.2. The maximum Gasteiger partial charge on any atom is 0.338 e. The van der Waals surface area contributed by atoms with E-state index in [0.29, 0.717) is 12.0 Å². The Morgan fingerprint density at radius 2 is 1.90 bits per heavy atom. The molecule has 29 heavy (non-hydrogen) atoms. The zero-order valence-electron chi connectivity index (χ0n) is 16.3. The fourth-order valence-electron chi connectivity index (χ4n) is 2.90. The van der Waals surface area contributed by atoms with E-state index in [9.17, 15) is 22.7 Å². The minimum absolute atomic E-state index is 0.287. The molecular formula is C22H24FNO4S. The highest BCUT2D eigenvalue weighted by molar-refractivity contribution is 7.94. The van der Waals surface area contributed by atoms with Gasteiger partial charge in [-0.2, -0.15) is 0 Å². The van der Waals surface area contributed by atoms with Gasteiger partial charge in [-0.25, -0.2) is 17.6 Å². The number of carboxylic acids is 1. The molecule has 1 aromatic carbocycles. The third kappa shape index (κ3) is 5.42. The van der Waals surface area contributed by atoms with Crippen LogP contribution in [0.4, 0.5) is 4.39 Å². The van der Waals surface area contributed by atoms with E-state index in [0.717, 1.165) is 49.9 Å². The zero-order valence-corrected chi connectivity index (χ0v) is 17.1. The summed E-state index contributed by atoms with van der Waals surface area (Å²) in [5.74, 6) is 3.15. The fraction of sp³-hybridized carbons (Fsp3) is 0.364. The lowest BCUT2D eigenvalue weighted by molar-refractivity contribution is -0.138. The quantitative estimate of drug-likeness (QED) is 0.378. The minimum Gasteiger partial charge on any atom is -0.479 e. The van der Waals surface area contributed by atoms with Gasteiger partial charge in [-0.1, -0.05) is 38.2 Å². The average Bonchev–Trinajstić information content (AvgIpc) is 2.70. The van der Waals surface area contributed by atoms with Crippen molar-refractivity contribution in [3.63, 3.8) is 0 Å². The summed E-state index contributed by atoms with van der Waals surface area (Å²) >= 11 is 0. The van der Waals surface area contributed by atoms with Crippen LogP contribution >= 0.6 is 0 Å². The molecule has 7 heteroatoms. The molecule has 0 saturated heterocycles. The Kier molecular flexibility index (Phi) is 7.91. The van der Waals surface area contributed by atoms with Gasteiger partial charge in [-0.05, 0) is 42.3 Å². The monoisotopic (exact) mass is 417 g/mol. The summed E-state index contributed by atoms with van der Waals surface area (Å²) in [6, 6.07) is 7.31. The summed E-state index contributed by atoms with van der Waals surface area (Å²) in [4.78, 5) is 16.0. The van der Waals surface area contributed by atoms with Crippen LogP contribution in [0, 0.1) is 17.7 Å². The highest BCUT2D eigenvalue weighted by Gasteiger charge is 2.51. The molecule has 154 valence electrons. The van der Waals surface area contributed by atoms with Gasteiger partial charge in [0.1, 0.15) is 5.82 Å². The van der Waals surface area contributed by atoms with Crippen LogP contribution in [0.5, 0.6) is 0 Å². The summed E-state index contributed by atoms with van der Waals surface area (Å²) in [6.07, 6.45) is 6.76. The van der Waals surface area contributed by atoms with E-state index in [-0.39, 0.29) is 11.3 Å². The first-order valence-electron chi connectivity index (χ1n) is 9.46. The molecule has 1 heterocycles. The maximum absolute atomic E-state index is 13.4. The molecule has 0 bridgehead atoms. The van der Waals surface area contributed by atoms with Crippen molar-refractivity contribution < 1.29 is 22.7 Å². The number of halogens is 1. The second kappa shape index (κ2) is 10.2. The van der Waals surface area contributed by atoms with Crippen LogP contribution in [0.3, 0.4) is 0 Å². The van der Waals surface area contributed by atoms with Gasteiger partial charge in [0.15, 0.2) is 0 Å². The second-order valence-corrected chi connectivity index (χ2v) is 8.92. The highest BCUT2D eigenvalue weighted by atomic mass is 32.2. The molecule has 0 aliphatic rings. The molecule has 0 spiro atoms. The molecule has 1 N–H and O–H groups in total. The molecule has 5 nitrogen and oxygen atoms in total. The van der Waals surface area contributed by atoms with Crippen LogP contribution in [0.25, 0.3) is 0 Å². The van der Waals surface area contributed by atoms with Crippen molar-refractivity contribution in [2.45, 2.75) is 55.1 Å². The van der Waals surface area contributed by atoms with Crippen molar-refractivity contribution >= 4 is 15.8 Å². The second-order valence-electron chi connectivity index (χ2n) is 6.74. The number of carbonyl (C=O) groups is 1. The lowest BCUT2D eigenvalue weighted by Gasteiger charge is -2.24. The molecule has 0 amide bonds. The van der Waals surface area contributed by atoms with E-state index in [1.165, 1.54) is 12.4 Å². The summed E-state index contributed by atoms with van der Waals surface area (Å²) in [7, 11) is -4.44. The number of pyridine rings is 1. The molecule has 1 unspecified atom stereocenters. The molecule has 0 saturated carbocycles. The topological polar surface area (TPSA) is 84.3 Å². The fourth-order valence-corrected chi connectivity index (χ4v) is 4.59. The van der Waals surface area contributed by atoms with Gasteiger partial charge in [0.05, 0.1) is 4.90 Å². The van der Waals surface area contributed by atoms with Gasteiger partial charge in [0.25, 0.3) is 0 Å². The van der Waals surface area contributed by atoms with Gasteiger partial charge in [0.2, 0.25) is 14.6 Å². The van der Waals surface area contributed by atoms with Crippen LogP contribution in [-0.2, 0) is 21.1 Å². The number of rotatable bonds is 9. The smallest absolute Gasteiger partial charge is 0.338 e. The largest absolute Gasteiger partial charge is 0.479 e. The molecule has 0 aliphatic heterocycles. The SMILES string of the molecule is CCCCCCC#CC(Cc1cccnc1)(C(=O)O)S(=O)(=O)c1ccc(F)cc1. The Labute approximate surface area is 170 Å². The summed E-state index contributed by atoms with van der Waals surface area (Å²) in [6.45, 7) is 2.07. The summed E-state index contributed by atoms with van der Waals surface area (Å²) in [5, 5.41) is 10.0. The van der Waals surface area contributed by atoms with Crippen LogP contribution in [0.2, 0.25) is 0 Å². The summed E-state index contributed by atoms with van der Waals surface area (Å²) in [5.41, 5.74) is 0.431. The number of hydrogen-bond donors (Lipinski definition) is 1. The molecule has 2 rings (SSSR count). The number of unbranched alkanes of at least 4 members (excludes halogenated alkanes) is 4. The number of sulfone groups is 1. The van der Waals surface area contributed by atoms with Gasteiger partial charge < -0.3 is 5.11 Å². The molecule has 1 aromatic heterocycles. The van der Waals surface area contributed by atoms with Crippen LogP contribution in [0.1, 0.15) is 44.6 Å². The average molecular weight is 418 g/mol. The third-order valence-electron chi connectivity index (χ3n) is 4.55. The Morgan fingerprint density at radius 3 is 2.48 bits per heavy atom. The van der Waals surface area contributed by atoms with Gasteiger partial charge in [-0.3, -0.25) is 4.98 Å².